The maximum Gasteiger partial charge on any atom is 0.224 e. The van der Waals surface area contributed by atoms with Gasteiger partial charge in [-0.2, -0.15) is 0 Å². The zero-order valence-corrected chi connectivity index (χ0v) is 9.41. The Morgan fingerprint density at radius 1 is 1.33 bits per heavy atom. The van der Waals surface area contributed by atoms with E-state index in [1.54, 1.807) is 6.92 Å². The number of nitrogens with two attached hydrogens (primary N) is 1. The number of ether oxygens (including phenoxy) is 2. The van der Waals surface area contributed by atoms with Crippen molar-refractivity contribution in [3.05, 3.63) is 0 Å². The number of Topliss-reactive ketones (excluding diaryl/α,β-unsaturated/α-hetero) is 1. The van der Waals surface area contributed by atoms with Gasteiger partial charge in [0.25, 0.3) is 0 Å². The Labute approximate surface area is 91.1 Å². The van der Waals surface area contributed by atoms with Crippen LogP contribution in [0.2, 0.25) is 0 Å². The number of carbonyl (C=O) groups excluding carboxylic acids is 1. The Kier molecular flexibility index (Phi) is 9.08. The molecule has 0 radical (unpaired) electrons. The van der Waals surface area contributed by atoms with Crippen molar-refractivity contribution in [3.8, 4) is 11.8 Å². The van der Waals surface area contributed by atoms with E-state index in [1.165, 1.54) is 0 Å². The van der Waals surface area contributed by atoms with Crippen molar-refractivity contribution in [2.75, 3.05) is 26.4 Å². The van der Waals surface area contributed by atoms with Crippen molar-refractivity contribution in [1.82, 2.24) is 0 Å². The second-order valence-corrected chi connectivity index (χ2v) is 3.03. The fraction of sp³-hybridized carbons (Fsp3) is 0.727. The molecule has 0 saturated heterocycles. The van der Waals surface area contributed by atoms with Gasteiger partial charge in [-0.25, -0.2) is 0 Å². The molecule has 0 aliphatic rings. The lowest BCUT2D eigenvalue weighted by Gasteiger charge is -2.08. The summed E-state index contributed by atoms with van der Waals surface area (Å²) in [5.74, 6) is 4.60. The van der Waals surface area contributed by atoms with Crippen molar-refractivity contribution in [1.29, 1.82) is 0 Å². The predicted octanol–water partition coefficient (Wildman–Crippen LogP) is 0.349. The normalized spacial score (nSPS) is 11.7. The van der Waals surface area contributed by atoms with Crippen LogP contribution in [0.25, 0.3) is 0 Å². The topological polar surface area (TPSA) is 61.6 Å². The summed E-state index contributed by atoms with van der Waals surface area (Å²) in [7, 11) is 0. The lowest BCUT2D eigenvalue weighted by molar-refractivity contribution is -0.116. The molecule has 0 amide bonds. The van der Waals surface area contributed by atoms with Crippen LogP contribution in [0.15, 0.2) is 0 Å². The Hall–Kier alpha value is -0.890. The highest BCUT2D eigenvalue weighted by Gasteiger charge is 2.10. The first-order valence-electron chi connectivity index (χ1n) is 5.10. The Balaban J connectivity index is 3.41. The maximum atomic E-state index is 11.1. The van der Waals surface area contributed by atoms with Crippen LogP contribution < -0.4 is 5.73 Å². The van der Waals surface area contributed by atoms with Gasteiger partial charge in [0, 0.05) is 6.61 Å². The van der Waals surface area contributed by atoms with E-state index in [0.29, 0.717) is 13.2 Å². The molecule has 86 valence electrons. The van der Waals surface area contributed by atoms with Crippen molar-refractivity contribution < 1.29 is 14.3 Å². The standard InChI is InChI=1S/C11H19NO3/c1-3-5-11(13)10(12)9-15-8-7-14-6-4-2/h10H,4,6-9,12H2,1-2H3. The minimum Gasteiger partial charge on any atom is -0.379 e. The number of hydrogen-bond donors (Lipinski definition) is 1. The van der Waals surface area contributed by atoms with E-state index >= 15 is 0 Å². The van der Waals surface area contributed by atoms with Crippen LogP contribution in [0.3, 0.4) is 0 Å². The summed E-state index contributed by atoms with van der Waals surface area (Å²) in [6.07, 6.45) is 0.990. The molecular weight excluding hydrogens is 194 g/mol. The Morgan fingerprint density at radius 2 is 2.00 bits per heavy atom. The van der Waals surface area contributed by atoms with Crippen LogP contribution in [0, 0.1) is 11.8 Å². The van der Waals surface area contributed by atoms with Crippen LogP contribution in [-0.4, -0.2) is 38.3 Å². The molecule has 4 heteroatoms. The summed E-state index contributed by atoms with van der Waals surface area (Å²) >= 11 is 0. The van der Waals surface area contributed by atoms with Gasteiger partial charge in [-0.1, -0.05) is 12.8 Å². The summed E-state index contributed by atoms with van der Waals surface area (Å²) in [5, 5.41) is 0. The third kappa shape index (κ3) is 8.13. The maximum absolute atomic E-state index is 11.1. The van der Waals surface area contributed by atoms with Crippen molar-refractivity contribution in [3.63, 3.8) is 0 Å². The highest BCUT2D eigenvalue weighted by atomic mass is 16.5. The van der Waals surface area contributed by atoms with E-state index in [0.717, 1.165) is 13.0 Å². The molecule has 0 aliphatic carbocycles. The highest BCUT2D eigenvalue weighted by Crippen LogP contribution is 1.86. The lowest BCUT2D eigenvalue weighted by Crippen LogP contribution is -2.34. The fourth-order valence-electron chi connectivity index (χ4n) is 0.866. The lowest BCUT2D eigenvalue weighted by atomic mass is 10.2. The van der Waals surface area contributed by atoms with E-state index in [2.05, 4.69) is 11.8 Å². The fourth-order valence-corrected chi connectivity index (χ4v) is 0.866. The van der Waals surface area contributed by atoms with Gasteiger partial charge in [-0.3, -0.25) is 4.79 Å². The third-order valence-corrected chi connectivity index (χ3v) is 1.60. The SMILES string of the molecule is CC#CC(=O)C(N)COCCOCCC. The molecule has 0 fully saturated rings. The van der Waals surface area contributed by atoms with Gasteiger partial charge < -0.3 is 15.2 Å². The molecule has 15 heavy (non-hydrogen) atoms. The third-order valence-electron chi connectivity index (χ3n) is 1.60. The van der Waals surface area contributed by atoms with Gasteiger partial charge >= 0.3 is 0 Å². The molecule has 2 N–H and O–H groups in total. The van der Waals surface area contributed by atoms with Crippen LogP contribution >= 0.6 is 0 Å². The quantitative estimate of drug-likeness (QED) is 0.359. The summed E-state index contributed by atoms with van der Waals surface area (Å²) in [4.78, 5) is 11.1. The first-order valence-corrected chi connectivity index (χ1v) is 5.10. The largest absolute Gasteiger partial charge is 0.379 e. The number of ketones is 1. The monoisotopic (exact) mass is 213 g/mol. The first kappa shape index (κ1) is 14.1. The van der Waals surface area contributed by atoms with Crippen LogP contribution in [0.1, 0.15) is 20.3 Å². The zero-order chi connectivity index (χ0) is 11.5. The van der Waals surface area contributed by atoms with Gasteiger partial charge in [0.1, 0.15) is 0 Å². The molecule has 0 aromatic heterocycles. The molecule has 1 unspecified atom stereocenters. The minimum atomic E-state index is -0.649. The van der Waals surface area contributed by atoms with Gasteiger partial charge in [0.15, 0.2) is 0 Å². The first-order chi connectivity index (χ1) is 7.22. The van der Waals surface area contributed by atoms with Crippen LogP contribution in [0.5, 0.6) is 0 Å². The zero-order valence-electron chi connectivity index (χ0n) is 9.41. The molecule has 4 nitrogen and oxygen atoms in total. The van der Waals surface area contributed by atoms with Crippen LogP contribution in [-0.2, 0) is 14.3 Å². The highest BCUT2D eigenvalue weighted by molar-refractivity contribution is 5.99. The Morgan fingerprint density at radius 3 is 2.60 bits per heavy atom. The average Bonchev–Trinajstić information content (AvgIpc) is 2.23. The predicted molar refractivity (Wildman–Crippen MR) is 58.4 cm³/mol. The molecule has 0 bridgehead atoms. The van der Waals surface area contributed by atoms with Crippen molar-refractivity contribution >= 4 is 5.78 Å². The number of hydrogen-bond acceptors (Lipinski definition) is 4. The molecule has 0 saturated carbocycles. The number of carbonyl (C=O) groups is 1. The minimum absolute atomic E-state index is 0.197. The van der Waals surface area contributed by atoms with Gasteiger partial charge in [-0.05, 0) is 19.3 Å². The van der Waals surface area contributed by atoms with E-state index in [1.807, 2.05) is 6.92 Å². The molecule has 0 aromatic rings. The molecule has 0 spiro atoms. The van der Waals surface area contributed by atoms with Crippen molar-refractivity contribution in [2.24, 2.45) is 5.73 Å². The second kappa shape index (κ2) is 9.66. The van der Waals surface area contributed by atoms with Gasteiger partial charge in [0.2, 0.25) is 5.78 Å². The average molecular weight is 213 g/mol. The number of rotatable bonds is 8. The van der Waals surface area contributed by atoms with Gasteiger partial charge in [0.05, 0.1) is 25.9 Å². The summed E-state index contributed by atoms with van der Waals surface area (Å²) in [6.45, 7) is 5.57. The smallest absolute Gasteiger partial charge is 0.224 e. The van der Waals surface area contributed by atoms with Crippen molar-refractivity contribution in [2.45, 2.75) is 26.3 Å². The molecule has 0 aliphatic heterocycles. The summed E-state index contributed by atoms with van der Waals surface area (Å²) < 4.78 is 10.4. The van der Waals surface area contributed by atoms with Gasteiger partial charge in [-0.15, -0.1) is 0 Å². The second-order valence-electron chi connectivity index (χ2n) is 3.03. The van der Waals surface area contributed by atoms with E-state index < -0.39 is 6.04 Å². The molecule has 1 atom stereocenters. The molecule has 0 aromatic carbocycles. The Bertz CT molecular complexity index is 230. The van der Waals surface area contributed by atoms with E-state index in [4.69, 9.17) is 15.2 Å². The van der Waals surface area contributed by atoms with E-state index in [9.17, 15) is 4.79 Å². The summed E-state index contributed by atoms with van der Waals surface area (Å²) in [6, 6.07) is -0.649. The molecule has 0 rings (SSSR count). The molecule has 0 heterocycles. The van der Waals surface area contributed by atoms with Crippen LogP contribution in [0.4, 0.5) is 0 Å². The summed E-state index contributed by atoms with van der Waals surface area (Å²) in [5.41, 5.74) is 5.53. The van der Waals surface area contributed by atoms with E-state index in [-0.39, 0.29) is 12.4 Å². The molecular formula is C11H19NO3.